The molecule has 4 aromatic rings. The smallest absolute Gasteiger partial charge is 0.0819 e. The molecule has 5 nitrogen and oxygen atoms in total. The SMILES string of the molecule is Cc1ccc(Cn2nc(C)cc2CN2CCCC2C(O)CNC(C)(C)Cc2ccc3ccccc3c2)cc1. The highest BCUT2D eigenvalue weighted by atomic mass is 16.3. The second-order valence-electron chi connectivity index (χ2n) is 11.8. The first kappa shape index (κ1) is 26.6. The second kappa shape index (κ2) is 11.4. The Morgan fingerprint density at radius 1 is 0.947 bits per heavy atom. The molecule has 0 aliphatic carbocycles. The molecule has 38 heavy (non-hydrogen) atoms. The zero-order chi connectivity index (χ0) is 26.7. The van der Waals surface area contributed by atoms with Crippen molar-refractivity contribution in [2.45, 2.75) is 77.7 Å². The molecule has 1 aliphatic rings. The van der Waals surface area contributed by atoms with Gasteiger partial charge in [0.1, 0.15) is 0 Å². The van der Waals surface area contributed by atoms with Crippen molar-refractivity contribution in [1.82, 2.24) is 20.0 Å². The number of β-amino-alcohol motifs (C(OH)–C–C–N with tert-alkyl or cyclic N) is 1. The molecule has 200 valence electrons. The first-order valence-corrected chi connectivity index (χ1v) is 14.0. The van der Waals surface area contributed by atoms with Gasteiger partial charge in [0, 0.05) is 24.7 Å². The minimum Gasteiger partial charge on any atom is -0.390 e. The fourth-order valence-electron chi connectivity index (χ4n) is 5.86. The predicted octanol–water partition coefficient (Wildman–Crippen LogP) is 5.64. The summed E-state index contributed by atoms with van der Waals surface area (Å²) in [4.78, 5) is 2.45. The normalized spacial score (nSPS) is 17.3. The number of nitrogens with one attached hydrogen (secondary N) is 1. The number of nitrogens with zero attached hydrogens (tertiary/aromatic N) is 3. The van der Waals surface area contributed by atoms with E-state index in [0.29, 0.717) is 6.54 Å². The van der Waals surface area contributed by atoms with Gasteiger partial charge < -0.3 is 10.4 Å². The van der Waals surface area contributed by atoms with Crippen LogP contribution in [0, 0.1) is 13.8 Å². The van der Waals surface area contributed by atoms with Crippen LogP contribution in [0.15, 0.2) is 72.8 Å². The van der Waals surface area contributed by atoms with Crippen molar-refractivity contribution >= 4 is 10.8 Å². The summed E-state index contributed by atoms with van der Waals surface area (Å²) in [5.41, 5.74) is 5.99. The molecule has 2 unspecified atom stereocenters. The molecule has 2 N–H and O–H groups in total. The maximum Gasteiger partial charge on any atom is 0.0819 e. The summed E-state index contributed by atoms with van der Waals surface area (Å²) in [6.45, 7) is 11.8. The summed E-state index contributed by atoms with van der Waals surface area (Å²) >= 11 is 0. The van der Waals surface area contributed by atoms with E-state index in [2.05, 4.69) is 115 Å². The number of rotatable bonds is 10. The minimum atomic E-state index is -0.414. The molecule has 0 radical (unpaired) electrons. The Hall–Kier alpha value is -2.99. The molecule has 2 heterocycles. The van der Waals surface area contributed by atoms with Crippen LogP contribution in [0.2, 0.25) is 0 Å². The van der Waals surface area contributed by atoms with Crippen LogP contribution in [0.1, 0.15) is 54.8 Å². The zero-order valence-corrected chi connectivity index (χ0v) is 23.3. The van der Waals surface area contributed by atoms with Crippen molar-refractivity contribution in [2.24, 2.45) is 0 Å². The first-order valence-electron chi connectivity index (χ1n) is 14.0. The van der Waals surface area contributed by atoms with Gasteiger partial charge in [0.05, 0.1) is 24.0 Å². The zero-order valence-electron chi connectivity index (χ0n) is 23.3. The van der Waals surface area contributed by atoms with Gasteiger partial charge in [0.2, 0.25) is 0 Å². The fraction of sp³-hybridized carbons (Fsp3) is 0.424. The van der Waals surface area contributed by atoms with Crippen LogP contribution in [-0.4, -0.2) is 50.6 Å². The van der Waals surface area contributed by atoms with Gasteiger partial charge in [-0.2, -0.15) is 5.10 Å². The number of aryl methyl sites for hydroxylation is 2. The van der Waals surface area contributed by atoms with Gasteiger partial charge in [-0.25, -0.2) is 0 Å². The van der Waals surface area contributed by atoms with E-state index in [1.165, 1.54) is 33.2 Å². The highest BCUT2D eigenvalue weighted by Gasteiger charge is 2.32. The number of aliphatic hydroxyl groups is 1. The predicted molar refractivity (Wildman–Crippen MR) is 156 cm³/mol. The van der Waals surface area contributed by atoms with E-state index in [0.717, 1.165) is 44.6 Å². The van der Waals surface area contributed by atoms with Crippen molar-refractivity contribution in [3.05, 3.63) is 101 Å². The van der Waals surface area contributed by atoms with E-state index in [4.69, 9.17) is 5.10 Å². The standard InChI is InChI=1S/C33H42N4O/c1-24-11-13-26(14-12-24)22-37-30(18-25(2)35-37)23-36-17-7-10-31(36)32(38)21-34-33(3,4)20-27-15-16-28-8-5-6-9-29(28)19-27/h5-6,8-9,11-16,18-19,31-32,34,38H,7,10,17,20-23H2,1-4H3. The summed E-state index contributed by atoms with van der Waals surface area (Å²) in [5.74, 6) is 0. The molecule has 2 atom stereocenters. The monoisotopic (exact) mass is 510 g/mol. The van der Waals surface area contributed by atoms with Gasteiger partial charge >= 0.3 is 0 Å². The van der Waals surface area contributed by atoms with Crippen molar-refractivity contribution in [2.75, 3.05) is 13.1 Å². The molecule has 1 saturated heterocycles. The van der Waals surface area contributed by atoms with Gasteiger partial charge in [0.15, 0.2) is 0 Å². The summed E-state index contributed by atoms with van der Waals surface area (Å²) in [7, 11) is 0. The third kappa shape index (κ3) is 6.52. The summed E-state index contributed by atoms with van der Waals surface area (Å²) in [6, 6.07) is 26.3. The van der Waals surface area contributed by atoms with Crippen LogP contribution in [0.3, 0.4) is 0 Å². The molecule has 0 saturated carbocycles. The lowest BCUT2D eigenvalue weighted by Gasteiger charge is -2.33. The lowest BCUT2D eigenvalue weighted by atomic mass is 9.93. The molecule has 0 spiro atoms. The van der Waals surface area contributed by atoms with Crippen LogP contribution in [0.5, 0.6) is 0 Å². The highest BCUT2D eigenvalue weighted by molar-refractivity contribution is 5.83. The third-order valence-electron chi connectivity index (χ3n) is 7.91. The molecule has 5 rings (SSSR count). The Balaban J connectivity index is 1.19. The quantitative estimate of drug-likeness (QED) is 0.290. The molecular formula is C33H42N4O. The number of aliphatic hydroxyl groups excluding tert-OH is 1. The van der Waals surface area contributed by atoms with Gasteiger partial charge in [-0.3, -0.25) is 9.58 Å². The van der Waals surface area contributed by atoms with Crippen LogP contribution >= 0.6 is 0 Å². The molecule has 0 bridgehead atoms. The number of benzene rings is 3. The summed E-state index contributed by atoms with van der Waals surface area (Å²) in [6.07, 6.45) is 2.64. The topological polar surface area (TPSA) is 53.3 Å². The number of hydrogen-bond donors (Lipinski definition) is 2. The van der Waals surface area contributed by atoms with Gasteiger partial charge in [-0.1, -0.05) is 72.3 Å². The van der Waals surface area contributed by atoms with Crippen molar-refractivity contribution in [3.63, 3.8) is 0 Å². The first-order chi connectivity index (χ1) is 18.3. The number of likely N-dealkylation sites (tertiary alicyclic amines) is 1. The maximum absolute atomic E-state index is 11.3. The fourth-order valence-corrected chi connectivity index (χ4v) is 5.86. The van der Waals surface area contributed by atoms with Gasteiger partial charge in [0.25, 0.3) is 0 Å². The molecule has 1 aromatic heterocycles. The van der Waals surface area contributed by atoms with E-state index >= 15 is 0 Å². The Morgan fingerprint density at radius 2 is 1.68 bits per heavy atom. The average Bonchev–Trinajstić information content (AvgIpc) is 3.49. The Bertz CT molecular complexity index is 1360. The third-order valence-corrected chi connectivity index (χ3v) is 7.91. The van der Waals surface area contributed by atoms with Crippen molar-refractivity contribution < 1.29 is 5.11 Å². The van der Waals surface area contributed by atoms with Crippen LogP contribution < -0.4 is 5.32 Å². The van der Waals surface area contributed by atoms with Crippen molar-refractivity contribution in [3.8, 4) is 0 Å². The van der Waals surface area contributed by atoms with Crippen molar-refractivity contribution in [1.29, 1.82) is 0 Å². The average molecular weight is 511 g/mol. The summed E-state index contributed by atoms with van der Waals surface area (Å²) in [5, 5.41) is 22.3. The van der Waals surface area contributed by atoms with Crippen LogP contribution in [-0.2, 0) is 19.5 Å². The minimum absolute atomic E-state index is 0.114. The largest absolute Gasteiger partial charge is 0.390 e. The molecule has 3 aromatic carbocycles. The number of aromatic nitrogens is 2. The lowest BCUT2D eigenvalue weighted by Crippen LogP contribution is -2.50. The van der Waals surface area contributed by atoms with Crippen LogP contribution in [0.25, 0.3) is 10.8 Å². The van der Waals surface area contributed by atoms with E-state index in [-0.39, 0.29) is 11.6 Å². The Labute approximate surface area is 227 Å². The highest BCUT2D eigenvalue weighted by Crippen LogP contribution is 2.25. The summed E-state index contributed by atoms with van der Waals surface area (Å²) < 4.78 is 2.13. The van der Waals surface area contributed by atoms with E-state index < -0.39 is 6.10 Å². The molecular weight excluding hydrogens is 468 g/mol. The van der Waals surface area contributed by atoms with E-state index in [9.17, 15) is 5.11 Å². The lowest BCUT2D eigenvalue weighted by molar-refractivity contribution is 0.0621. The van der Waals surface area contributed by atoms with E-state index in [1.54, 1.807) is 0 Å². The maximum atomic E-state index is 11.3. The Morgan fingerprint density at radius 3 is 2.47 bits per heavy atom. The molecule has 5 heteroatoms. The molecule has 0 amide bonds. The number of fused-ring (bicyclic) bond motifs is 1. The Kier molecular flexibility index (Phi) is 7.98. The molecule has 1 fully saturated rings. The van der Waals surface area contributed by atoms with Gasteiger partial charge in [-0.15, -0.1) is 0 Å². The second-order valence-corrected chi connectivity index (χ2v) is 11.8. The number of hydrogen-bond acceptors (Lipinski definition) is 4. The van der Waals surface area contributed by atoms with Crippen LogP contribution in [0.4, 0.5) is 0 Å². The van der Waals surface area contributed by atoms with E-state index in [1.807, 2.05) is 0 Å². The molecule has 1 aliphatic heterocycles. The van der Waals surface area contributed by atoms with Gasteiger partial charge in [-0.05, 0) is 81.5 Å².